The molecule has 0 radical (unpaired) electrons. The molecule has 0 bridgehead atoms. The number of hydrogen-bond acceptors (Lipinski definition) is 6. The molecule has 0 amide bonds. The Morgan fingerprint density at radius 3 is 2.26 bits per heavy atom. The van der Waals surface area contributed by atoms with Gasteiger partial charge in [-0.05, 0) is 48.0 Å². The van der Waals surface area contributed by atoms with Crippen LogP contribution in [0.25, 0.3) is 6.08 Å². The zero-order chi connectivity index (χ0) is 26.0. The van der Waals surface area contributed by atoms with Crippen LogP contribution in [0.5, 0.6) is 17.2 Å². The summed E-state index contributed by atoms with van der Waals surface area (Å²) in [5, 5.41) is 20.7. The van der Waals surface area contributed by atoms with E-state index >= 15 is 0 Å². The summed E-state index contributed by atoms with van der Waals surface area (Å²) < 4.78 is 49.5. The molecule has 6 nitrogen and oxygen atoms in total. The van der Waals surface area contributed by atoms with Crippen LogP contribution in [0, 0.1) is 21.4 Å². The normalized spacial score (nSPS) is 11.1. The lowest BCUT2D eigenvalue weighted by molar-refractivity contribution is -0.385. The molecule has 0 heterocycles. The van der Waals surface area contributed by atoms with Crippen molar-refractivity contribution in [3.63, 3.8) is 0 Å². The Morgan fingerprint density at radius 2 is 1.69 bits per heavy atom. The molecule has 3 aromatic carbocycles. The molecule has 0 saturated heterocycles. The number of nitro groups is 1. The number of hydrogen-bond donors (Lipinski definition) is 0. The molecule has 0 spiro atoms. The summed E-state index contributed by atoms with van der Waals surface area (Å²) in [6.45, 7) is 4.00. The van der Waals surface area contributed by atoms with E-state index in [0.717, 1.165) is 11.0 Å². The van der Waals surface area contributed by atoms with Gasteiger partial charge in [-0.2, -0.15) is 18.4 Å². The van der Waals surface area contributed by atoms with Crippen LogP contribution in [-0.2, 0) is 6.18 Å². The van der Waals surface area contributed by atoms with Crippen LogP contribution in [0.4, 0.5) is 18.9 Å². The zero-order valence-corrected chi connectivity index (χ0v) is 19.8. The van der Waals surface area contributed by atoms with Gasteiger partial charge in [-0.3, -0.25) is 10.1 Å². The van der Waals surface area contributed by atoms with Gasteiger partial charge in [-0.1, -0.05) is 49.9 Å². The second-order valence-electron chi connectivity index (χ2n) is 6.49. The molecule has 3 rings (SSSR count). The number of nitriles is 1. The Kier molecular flexibility index (Phi) is 9.73. The number of ether oxygens (including phenoxy) is 2. The molecule has 0 N–H and O–H groups in total. The molecule has 0 fully saturated rings. The predicted molar refractivity (Wildman–Crippen MR) is 128 cm³/mol. The van der Waals surface area contributed by atoms with Crippen molar-refractivity contribution in [3.05, 3.63) is 92.9 Å². The van der Waals surface area contributed by atoms with Crippen molar-refractivity contribution in [1.82, 2.24) is 0 Å². The molecule has 0 atom stereocenters. The number of allylic oxidation sites excluding steroid dienone is 1. The smallest absolute Gasteiger partial charge is 0.416 e. The molecule has 0 aliphatic carbocycles. The van der Waals surface area contributed by atoms with E-state index in [1.54, 1.807) is 18.2 Å². The second kappa shape index (κ2) is 12.5. The predicted octanol–water partition coefficient (Wildman–Crippen LogP) is 8.10. The lowest BCUT2D eigenvalue weighted by atomic mass is 10.1. The lowest BCUT2D eigenvalue weighted by Gasteiger charge is -2.13. The fourth-order valence-corrected chi connectivity index (χ4v) is 3.54. The fourth-order valence-electron chi connectivity index (χ4n) is 2.75. The van der Waals surface area contributed by atoms with E-state index < -0.39 is 22.4 Å². The molecular weight excluding hydrogens is 481 g/mol. The largest absolute Gasteiger partial charge is 0.493 e. The zero-order valence-electron chi connectivity index (χ0n) is 19.0. The molecule has 0 aromatic heterocycles. The second-order valence-corrected chi connectivity index (χ2v) is 7.60. The van der Waals surface area contributed by atoms with Gasteiger partial charge in [0, 0.05) is 11.0 Å². The van der Waals surface area contributed by atoms with Crippen molar-refractivity contribution in [3.8, 4) is 23.3 Å². The van der Waals surface area contributed by atoms with Crippen LogP contribution in [0.15, 0.2) is 76.5 Å². The van der Waals surface area contributed by atoms with E-state index in [9.17, 15) is 28.5 Å². The maximum Gasteiger partial charge on any atom is 0.416 e. The fraction of sp³-hybridized carbons (Fsp3) is 0.160. The highest BCUT2D eigenvalue weighted by Gasteiger charge is 2.33. The van der Waals surface area contributed by atoms with Crippen LogP contribution < -0.4 is 9.47 Å². The van der Waals surface area contributed by atoms with Crippen molar-refractivity contribution in [1.29, 1.82) is 5.26 Å². The topological polar surface area (TPSA) is 85.4 Å². The Morgan fingerprint density at radius 1 is 1.03 bits per heavy atom. The number of thioether (sulfide) groups is 1. The molecule has 0 unspecified atom stereocenters. The van der Waals surface area contributed by atoms with Crippen molar-refractivity contribution < 1.29 is 27.6 Å². The van der Waals surface area contributed by atoms with E-state index in [2.05, 4.69) is 6.07 Å². The Balaban J connectivity index is 0.00000210. The van der Waals surface area contributed by atoms with Crippen molar-refractivity contribution in [2.45, 2.75) is 24.9 Å². The van der Waals surface area contributed by atoms with Gasteiger partial charge < -0.3 is 9.47 Å². The van der Waals surface area contributed by atoms with Crippen molar-refractivity contribution >= 4 is 23.5 Å². The molecule has 0 aliphatic rings. The van der Waals surface area contributed by atoms with Crippen LogP contribution in [0.1, 0.15) is 25.0 Å². The standard InChI is InChI=1S/C23H15F3N2O4S.C2H6/c1-31-22-12-15(11-18(14-27)33-17-5-3-2-4-6-17)7-9-21(22)32-20-10-8-16(23(24,25)26)13-19(20)28(29)30;1-2/h2-13H,1H3;1-2H3/b18-11+;. The number of halogens is 3. The third-order valence-corrected chi connectivity index (χ3v) is 5.21. The Bertz CT molecular complexity index is 1240. The Labute approximate surface area is 204 Å². The van der Waals surface area contributed by atoms with Gasteiger partial charge in [0.25, 0.3) is 0 Å². The Hall–Kier alpha value is -3.97. The minimum Gasteiger partial charge on any atom is -0.493 e. The average Bonchev–Trinajstić information content (AvgIpc) is 2.85. The summed E-state index contributed by atoms with van der Waals surface area (Å²) in [6, 6.07) is 18.0. The van der Waals surface area contributed by atoms with Gasteiger partial charge in [-0.15, -0.1) is 0 Å². The highest BCUT2D eigenvalue weighted by molar-refractivity contribution is 8.03. The van der Waals surface area contributed by atoms with Gasteiger partial charge in [0.05, 0.1) is 22.5 Å². The number of benzene rings is 3. The molecule has 3 aromatic rings. The summed E-state index contributed by atoms with van der Waals surface area (Å²) in [6.07, 6.45) is -3.10. The van der Waals surface area contributed by atoms with Crippen LogP contribution in [-0.4, -0.2) is 12.0 Å². The molecule has 0 aliphatic heterocycles. The van der Waals surface area contributed by atoms with E-state index in [0.29, 0.717) is 22.6 Å². The minimum atomic E-state index is -4.73. The maximum absolute atomic E-state index is 12.9. The number of alkyl halides is 3. The maximum atomic E-state index is 12.9. The first-order valence-electron chi connectivity index (χ1n) is 10.3. The summed E-state index contributed by atoms with van der Waals surface area (Å²) in [7, 11) is 1.35. The van der Waals surface area contributed by atoms with Gasteiger partial charge in [-0.25, -0.2) is 0 Å². The lowest BCUT2D eigenvalue weighted by Crippen LogP contribution is -2.06. The highest BCUT2D eigenvalue weighted by Crippen LogP contribution is 2.40. The first-order chi connectivity index (χ1) is 16.7. The summed E-state index contributed by atoms with van der Waals surface area (Å²) in [4.78, 5) is 11.6. The first-order valence-corrected chi connectivity index (χ1v) is 11.1. The van der Waals surface area contributed by atoms with Gasteiger partial charge in [0.15, 0.2) is 11.5 Å². The molecule has 182 valence electrons. The van der Waals surface area contributed by atoms with Crippen LogP contribution in [0.3, 0.4) is 0 Å². The quantitative estimate of drug-likeness (QED) is 0.140. The SMILES string of the molecule is CC.COc1cc(/C=C(\C#N)Sc2ccccc2)ccc1Oc1ccc(C(F)(F)F)cc1[N+](=O)[O-]. The third-order valence-electron chi connectivity index (χ3n) is 4.27. The summed E-state index contributed by atoms with van der Waals surface area (Å²) in [5.74, 6) is -0.126. The van der Waals surface area contributed by atoms with Crippen LogP contribution >= 0.6 is 11.8 Å². The van der Waals surface area contributed by atoms with Gasteiger partial charge in [0.2, 0.25) is 5.75 Å². The number of nitro benzene ring substituents is 1. The molecule has 35 heavy (non-hydrogen) atoms. The van der Waals surface area contributed by atoms with Gasteiger partial charge in [0.1, 0.15) is 6.07 Å². The molecular formula is C25H21F3N2O4S. The van der Waals surface area contributed by atoms with E-state index in [1.165, 1.54) is 24.9 Å². The molecule has 0 saturated carbocycles. The van der Waals surface area contributed by atoms with Crippen molar-refractivity contribution in [2.24, 2.45) is 0 Å². The number of nitrogens with zero attached hydrogens (tertiary/aromatic N) is 2. The van der Waals surface area contributed by atoms with E-state index in [-0.39, 0.29) is 17.2 Å². The molecule has 10 heteroatoms. The van der Waals surface area contributed by atoms with E-state index in [4.69, 9.17) is 9.47 Å². The number of rotatable bonds is 7. The third kappa shape index (κ3) is 7.52. The van der Waals surface area contributed by atoms with E-state index in [1.807, 2.05) is 44.2 Å². The highest BCUT2D eigenvalue weighted by atomic mass is 32.2. The van der Waals surface area contributed by atoms with Crippen LogP contribution in [0.2, 0.25) is 0 Å². The summed E-state index contributed by atoms with van der Waals surface area (Å²) in [5.41, 5.74) is -1.39. The summed E-state index contributed by atoms with van der Waals surface area (Å²) >= 11 is 1.27. The monoisotopic (exact) mass is 502 g/mol. The van der Waals surface area contributed by atoms with Gasteiger partial charge >= 0.3 is 11.9 Å². The minimum absolute atomic E-state index is 0.0618. The first kappa shape index (κ1) is 27.3. The number of methoxy groups -OCH3 is 1. The average molecular weight is 503 g/mol. The van der Waals surface area contributed by atoms with Crippen molar-refractivity contribution in [2.75, 3.05) is 7.11 Å².